The first kappa shape index (κ1) is 11.7. The SMILES string of the molecule is C=C(CC)CC(O)c1ccncc1OC. The monoisotopic (exact) mass is 207 g/mol. The van der Waals surface area contributed by atoms with Crippen LogP contribution in [0.15, 0.2) is 30.6 Å². The van der Waals surface area contributed by atoms with Gasteiger partial charge in [-0.05, 0) is 18.9 Å². The van der Waals surface area contributed by atoms with E-state index in [1.165, 1.54) is 0 Å². The predicted molar refractivity (Wildman–Crippen MR) is 59.8 cm³/mol. The van der Waals surface area contributed by atoms with Gasteiger partial charge in [0.1, 0.15) is 5.75 Å². The second kappa shape index (κ2) is 5.51. The van der Waals surface area contributed by atoms with Crippen LogP contribution in [0.5, 0.6) is 5.75 Å². The molecule has 0 radical (unpaired) electrons. The number of nitrogens with zero attached hydrogens (tertiary/aromatic N) is 1. The zero-order valence-electron chi connectivity index (χ0n) is 9.23. The summed E-state index contributed by atoms with van der Waals surface area (Å²) in [4.78, 5) is 3.94. The van der Waals surface area contributed by atoms with E-state index in [9.17, 15) is 5.11 Å². The number of aliphatic hydroxyl groups excluding tert-OH is 1. The third-order valence-corrected chi connectivity index (χ3v) is 2.38. The van der Waals surface area contributed by atoms with E-state index < -0.39 is 6.10 Å². The summed E-state index contributed by atoms with van der Waals surface area (Å²) in [6.45, 7) is 5.90. The molecule has 0 saturated carbocycles. The molecule has 0 amide bonds. The molecule has 1 rings (SSSR count). The van der Waals surface area contributed by atoms with Gasteiger partial charge >= 0.3 is 0 Å². The number of hydrogen-bond donors (Lipinski definition) is 1. The molecule has 0 bridgehead atoms. The van der Waals surface area contributed by atoms with E-state index in [2.05, 4.69) is 11.6 Å². The summed E-state index contributed by atoms with van der Waals surface area (Å²) in [5, 5.41) is 9.97. The van der Waals surface area contributed by atoms with Crippen LogP contribution >= 0.6 is 0 Å². The van der Waals surface area contributed by atoms with E-state index in [1.54, 1.807) is 25.6 Å². The van der Waals surface area contributed by atoms with Crippen LogP contribution in [0.4, 0.5) is 0 Å². The van der Waals surface area contributed by atoms with E-state index in [0.717, 1.165) is 17.6 Å². The molecule has 0 saturated heterocycles. The minimum atomic E-state index is -0.560. The highest BCUT2D eigenvalue weighted by Crippen LogP contribution is 2.28. The Labute approximate surface area is 90.4 Å². The van der Waals surface area contributed by atoms with E-state index >= 15 is 0 Å². The molecular formula is C12H17NO2. The lowest BCUT2D eigenvalue weighted by Gasteiger charge is -2.14. The van der Waals surface area contributed by atoms with Crippen molar-refractivity contribution in [1.29, 1.82) is 0 Å². The summed E-state index contributed by atoms with van der Waals surface area (Å²) in [7, 11) is 1.57. The fraction of sp³-hybridized carbons (Fsp3) is 0.417. The zero-order valence-corrected chi connectivity index (χ0v) is 9.23. The van der Waals surface area contributed by atoms with Crippen molar-refractivity contribution in [3.8, 4) is 5.75 Å². The van der Waals surface area contributed by atoms with Gasteiger partial charge in [0, 0.05) is 11.8 Å². The van der Waals surface area contributed by atoms with Crippen molar-refractivity contribution in [2.75, 3.05) is 7.11 Å². The molecule has 1 aromatic rings. The minimum absolute atomic E-state index is 0.560. The molecule has 0 aliphatic rings. The Morgan fingerprint density at radius 3 is 3.00 bits per heavy atom. The van der Waals surface area contributed by atoms with Crippen LogP contribution in [0.3, 0.4) is 0 Å². The summed E-state index contributed by atoms with van der Waals surface area (Å²) in [5.74, 6) is 0.619. The maximum Gasteiger partial charge on any atom is 0.142 e. The molecule has 0 aromatic carbocycles. The van der Waals surface area contributed by atoms with Crippen molar-refractivity contribution in [1.82, 2.24) is 4.98 Å². The van der Waals surface area contributed by atoms with Crippen molar-refractivity contribution in [3.05, 3.63) is 36.2 Å². The summed E-state index contributed by atoms with van der Waals surface area (Å²) in [5.41, 5.74) is 1.79. The quantitative estimate of drug-likeness (QED) is 0.754. The van der Waals surface area contributed by atoms with Gasteiger partial charge in [-0.1, -0.05) is 19.1 Å². The molecule has 82 valence electrons. The average Bonchev–Trinajstić information content (AvgIpc) is 2.28. The molecule has 15 heavy (non-hydrogen) atoms. The Morgan fingerprint density at radius 1 is 1.67 bits per heavy atom. The lowest BCUT2D eigenvalue weighted by molar-refractivity contribution is 0.173. The number of hydrogen-bond acceptors (Lipinski definition) is 3. The first-order chi connectivity index (χ1) is 7.19. The van der Waals surface area contributed by atoms with E-state index in [1.807, 2.05) is 6.92 Å². The molecule has 1 heterocycles. The molecule has 3 heteroatoms. The standard InChI is InChI=1S/C12H17NO2/c1-4-9(2)7-11(14)10-5-6-13-8-12(10)15-3/h5-6,8,11,14H,2,4,7H2,1,3H3. The highest BCUT2D eigenvalue weighted by molar-refractivity contribution is 5.32. The van der Waals surface area contributed by atoms with E-state index in [-0.39, 0.29) is 0 Å². The third-order valence-electron chi connectivity index (χ3n) is 2.38. The Morgan fingerprint density at radius 2 is 2.40 bits per heavy atom. The second-order valence-electron chi connectivity index (χ2n) is 3.44. The van der Waals surface area contributed by atoms with Gasteiger partial charge in [-0.3, -0.25) is 4.98 Å². The van der Waals surface area contributed by atoms with Crippen LogP contribution < -0.4 is 4.74 Å². The number of rotatable bonds is 5. The maximum absolute atomic E-state index is 9.97. The Hall–Kier alpha value is -1.35. The molecule has 0 aliphatic carbocycles. The predicted octanol–water partition coefficient (Wildman–Crippen LogP) is 2.48. The van der Waals surface area contributed by atoms with Crippen LogP contribution in [-0.4, -0.2) is 17.2 Å². The van der Waals surface area contributed by atoms with Gasteiger partial charge in [0.15, 0.2) is 0 Å². The van der Waals surface area contributed by atoms with Crippen LogP contribution in [0.2, 0.25) is 0 Å². The van der Waals surface area contributed by atoms with Crippen molar-refractivity contribution >= 4 is 0 Å². The largest absolute Gasteiger partial charge is 0.495 e. The number of pyridine rings is 1. The Bertz CT molecular complexity index is 336. The van der Waals surface area contributed by atoms with Gasteiger partial charge in [0.2, 0.25) is 0 Å². The van der Waals surface area contributed by atoms with Gasteiger partial charge in [-0.2, -0.15) is 0 Å². The lowest BCUT2D eigenvalue weighted by Crippen LogP contribution is -2.02. The fourth-order valence-corrected chi connectivity index (χ4v) is 1.36. The lowest BCUT2D eigenvalue weighted by atomic mass is 10.0. The van der Waals surface area contributed by atoms with Crippen LogP contribution in [0, 0.1) is 0 Å². The summed E-state index contributed by atoms with van der Waals surface area (Å²) in [6.07, 6.45) is 4.14. The average molecular weight is 207 g/mol. The number of aliphatic hydroxyl groups is 1. The van der Waals surface area contributed by atoms with Crippen LogP contribution in [-0.2, 0) is 0 Å². The van der Waals surface area contributed by atoms with Gasteiger partial charge in [0.05, 0.1) is 19.4 Å². The van der Waals surface area contributed by atoms with Gasteiger partial charge in [-0.15, -0.1) is 0 Å². The number of aromatic nitrogens is 1. The Kier molecular flexibility index (Phi) is 4.31. The van der Waals surface area contributed by atoms with Gasteiger partial charge in [-0.25, -0.2) is 0 Å². The van der Waals surface area contributed by atoms with Crippen molar-refractivity contribution in [3.63, 3.8) is 0 Å². The summed E-state index contributed by atoms with van der Waals surface area (Å²) in [6, 6.07) is 1.77. The third kappa shape index (κ3) is 3.06. The highest BCUT2D eigenvalue weighted by Gasteiger charge is 2.13. The van der Waals surface area contributed by atoms with Crippen molar-refractivity contribution < 1.29 is 9.84 Å². The summed E-state index contributed by atoms with van der Waals surface area (Å²) >= 11 is 0. The molecular weight excluding hydrogens is 190 g/mol. The van der Waals surface area contributed by atoms with Gasteiger partial charge in [0.25, 0.3) is 0 Å². The molecule has 0 spiro atoms. The maximum atomic E-state index is 9.97. The number of ether oxygens (including phenoxy) is 1. The summed E-state index contributed by atoms with van der Waals surface area (Å²) < 4.78 is 5.13. The molecule has 1 N–H and O–H groups in total. The molecule has 3 nitrogen and oxygen atoms in total. The van der Waals surface area contributed by atoms with Crippen molar-refractivity contribution in [2.24, 2.45) is 0 Å². The van der Waals surface area contributed by atoms with Crippen molar-refractivity contribution in [2.45, 2.75) is 25.9 Å². The fourth-order valence-electron chi connectivity index (χ4n) is 1.36. The zero-order chi connectivity index (χ0) is 11.3. The van der Waals surface area contributed by atoms with Crippen LogP contribution in [0.25, 0.3) is 0 Å². The highest BCUT2D eigenvalue weighted by atomic mass is 16.5. The second-order valence-corrected chi connectivity index (χ2v) is 3.44. The molecule has 0 aliphatic heterocycles. The molecule has 1 aromatic heterocycles. The van der Waals surface area contributed by atoms with E-state index in [0.29, 0.717) is 12.2 Å². The topological polar surface area (TPSA) is 42.4 Å². The molecule has 1 unspecified atom stereocenters. The first-order valence-corrected chi connectivity index (χ1v) is 5.01. The first-order valence-electron chi connectivity index (χ1n) is 5.01. The number of methoxy groups -OCH3 is 1. The van der Waals surface area contributed by atoms with Gasteiger partial charge < -0.3 is 9.84 Å². The molecule has 0 fully saturated rings. The smallest absolute Gasteiger partial charge is 0.142 e. The van der Waals surface area contributed by atoms with E-state index in [4.69, 9.17) is 4.74 Å². The molecule has 1 atom stereocenters. The minimum Gasteiger partial charge on any atom is -0.495 e. The normalized spacial score (nSPS) is 12.2. The van der Waals surface area contributed by atoms with Crippen LogP contribution in [0.1, 0.15) is 31.4 Å². The Balaban J connectivity index is 2.80.